The SMILES string of the molecule is CC(C)CCC(C)N1CCC(C)NCC(C)C1. The first-order chi connectivity index (χ1) is 7.99. The highest BCUT2D eigenvalue weighted by molar-refractivity contribution is 4.77. The maximum Gasteiger partial charge on any atom is 0.00671 e. The molecule has 1 aliphatic rings. The third kappa shape index (κ3) is 5.87. The molecule has 0 bridgehead atoms. The molecule has 0 aromatic carbocycles. The van der Waals surface area contributed by atoms with E-state index in [0.29, 0.717) is 6.04 Å². The summed E-state index contributed by atoms with van der Waals surface area (Å²) in [6, 6.07) is 1.43. The Morgan fingerprint density at radius 2 is 1.88 bits per heavy atom. The van der Waals surface area contributed by atoms with E-state index < -0.39 is 0 Å². The van der Waals surface area contributed by atoms with Gasteiger partial charge in [-0.2, -0.15) is 0 Å². The molecule has 1 saturated heterocycles. The Bertz CT molecular complexity index is 203. The number of nitrogens with one attached hydrogen (secondary N) is 1. The Morgan fingerprint density at radius 3 is 2.53 bits per heavy atom. The van der Waals surface area contributed by atoms with Crippen molar-refractivity contribution in [3.8, 4) is 0 Å². The summed E-state index contributed by atoms with van der Waals surface area (Å²) in [5.41, 5.74) is 0. The van der Waals surface area contributed by atoms with Crippen LogP contribution in [0.4, 0.5) is 0 Å². The van der Waals surface area contributed by atoms with Gasteiger partial charge < -0.3 is 10.2 Å². The van der Waals surface area contributed by atoms with Gasteiger partial charge in [-0.1, -0.05) is 20.8 Å². The second-order valence-corrected chi connectivity index (χ2v) is 6.52. The average Bonchev–Trinajstić information content (AvgIpc) is 2.26. The predicted octanol–water partition coefficient (Wildman–Crippen LogP) is 3.13. The summed E-state index contributed by atoms with van der Waals surface area (Å²) in [6.45, 7) is 15.5. The summed E-state index contributed by atoms with van der Waals surface area (Å²) >= 11 is 0. The van der Waals surface area contributed by atoms with Crippen molar-refractivity contribution in [3.05, 3.63) is 0 Å². The number of rotatable bonds is 4. The van der Waals surface area contributed by atoms with Crippen molar-refractivity contribution in [2.45, 2.75) is 66.0 Å². The molecule has 1 aliphatic heterocycles. The molecule has 1 fully saturated rings. The van der Waals surface area contributed by atoms with Crippen LogP contribution in [0.2, 0.25) is 0 Å². The average molecular weight is 240 g/mol. The summed E-state index contributed by atoms with van der Waals surface area (Å²) in [5.74, 6) is 1.62. The lowest BCUT2D eigenvalue weighted by atomic mass is 10.0. The molecule has 1 heterocycles. The molecule has 0 aromatic heterocycles. The van der Waals surface area contributed by atoms with E-state index in [2.05, 4.69) is 44.8 Å². The van der Waals surface area contributed by atoms with Crippen LogP contribution < -0.4 is 5.32 Å². The fourth-order valence-electron chi connectivity index (χ4n) is 2.58. The second kappa shape index (κ2) is 7.38. The molecule has 0 aliphatic carbocycles. The van der Waals surface area contributed by atoms with Crippen molar-refractivity contribution in [1.29, 1.82) is 0 Å². The molecule has 17 heavy (non-hydrogen) atoms. The summed E-state index contributed by atoms with van der Waals surface area (Å²) in [6.07, 6.45) is 4.00. The van der Waals surface area contributed by atoms with E-state index in [1.807, 2.05) is 0 Å². The zero-order chi connectivity index (χ0) is 12.8. The molecular formula is C15H32N2. The van der Waals surface area contributed by atoms with Gasteiger partial charge in [-0.05, 0) is 58.0 Å². The molecule has 2 nitrogen and oxygen atoms in total. The van der Waals surface area contributed by atoms with Crippen molar-refractivity contribution in [2.24, 2.45) is 11.8 Å². The molecule has 0 saturated carbocycles. The van der Waals surface area contributed by atoms with Gasteiger partial charge in [-0.15, -0.1) is 0 Å². The minimum absolute atomic E-state index is 0.678. The van der Waals surface area contributed by atoms with Gasteiger partial charge in [0.1, 0.15) is 0 Å². The fourth-order valence-corrected chi connectivity index (χ4v) is 2.58. The van der Waals surface area contributed by atoms with Gasteiger partial charge in [-0.3, -0.25) is 0 Å². The van der Waals surface area contributed by atoms with Gasteiger partial charge in [0.15, 0.2) is 0 Å². The van der Waals surface area contributed by atoms with E-state index in [1.54, 1.807) is 0 Å². The van der Waals surface area contributed by atoms with E-state index >= 15 is 0 Å². The van der Waals surface area contributed by atoms with Gasteiger partial charge in [0.05, 0.1) is 0 Å². The summed E-state index contributed by atoms with van der Waals surface area (Å²) in [5, 5.41) is 3.62. The van der Waals surface area contributed by atoms with Crippen LogP contribution in [0.5, 0.6) is 0 Å². The number of hydrogen-bond acceptors (Lipinski definition) is 2. The predicted molar refractivity (Wildman–Crippen MR) is 76.4 cm³/mol. The van der Waals surface area contributed by atoms with E-state index in [-0.39, 0.29) is 0 Å². The lowest BCUT2D eigenvalue weighted by Gasteiger charge is -2.35. The third-order valence-electron chi connectivity index (χ3n) is 4.00. The van der Waals surface area contributed by atoms with Crippen LogP contribution in [0.3, 0.4) is 0 Å². The molecule has 102 valence electrons. The van der Waals surface area contributed by atoms with E-state index in [0.717, 1.165) is 17.9 Å². The lowest BCUT2D eigenvalue weighted by molar-refractivity contribution is 0.146. The van der Waals surface area contributed by atoms with Gasteiger partial charge in [0.2, 0.25) is 0 Å². The highest BCUT2D eigenvalue weighted by atomic mass is 15.2. The van der Waals surface area contributed by atoms with E-state index in [1.165, 1.54) is 38.9 Å². The van der Waals surface area contributed by atoms with Crippen molar-refractivity contribution >= 4 is 0 Å². The standard InChI is InChI=1S/C15H32N2/c1-12(2)6-7-15(5)17-9-8-14(4)16-10-13(3)11-17/h12-16H,6-11H2,1-5H3. The summed E-state index contributed by atoms with van der Waals surface area (Å²) < 4.78 is 0. The van der Waals surface area contributed by atoms with Crippen LogP contribution >= 0.6 is 0 Å². The van der Waals surface area contributed by atoms with Crippen LogP contribution in [-0.2, 0) is 0 Å². The first-order valence-corrected chi connectivity index (χ1v) is 7.46. The summed E-state index contributed by atoms with van der Waals surface area (Å²) in [7, 11) is 0. The van der Waals surface area contributed by atoms with Gasteiger partial charge in [-0.25, -0.2) is 0 Å². The smallest absolute Gasteiger partial charge is 0.00671 e. The van der Waals surface area contributed by atoms with Crippen molar-refractivity contribution in [1.82, 2.24) is 10.2 Å². The molecule has 0 spiro atoms. The highest BCUT2D eigenvalue weighted by Crippen LogP contribution is 2.15. The molecule has 3 atom stereocenters. The second-order valence-electron chi connectivity index (χ2n) is 6.52. The van der Waals surface area contributed by atoms with Crippen LogP contribution in [0.15, 0.2) is 0 Å². The number of nitrogens with zero attached hydrogens (tertiary/aromatic N) is 1. The Hall–Kier alpha value is -0.0800. The first-order valence-electron chi connectivity index (χ1n) is 7.46. The summed E-state index contributed by atoms with van der Waals surface area (Å²) in [4.78, 5) is 2.71. The van der Waals surface area contributed by atoms with Crippen molar-refractivity contribution in [3.63, 3.8) is 0 Å². The third-order valence-corrected chi connectivity index (χ3v) is 4.00. The largest absolute Gasteiger partial charge is 0.314 e. The quantitative estimate of drug-likeness (QED) is 0.812. The molecule has 0 amide bonds. The Kier molecular flexibility index (Phi) is 6.50. The monoisotopic (exact) mass is 240 g/mol. The Morgan fingerprint density at radius 1 is 1.18 bits per heavy atom. The van der Waals surface area contributed by atoms with Crippen molar-refractivity contribution < 1.29 is 0 Å². The van der Waals surface area contributed by atoms with Gasteiger partial charge >= 0.3 is 0 Å². The maximum absolute atomic E-state index is 3.62. The minimum Gasteiger partial charge on any atom is -0.314 e. The molecule has 0 radical (unpaired) electrons. The van der Waals surface area contributed by atoms with Crippen LogP contribution in [-0.4, -0.2) is 36.6 Å². The molecular weight excluding hydrogens is 208 g/mol. The Balaban J connectivity index is 2.42. The topological polar surface area (TPSA) is 15.3 Å². The van der Waals surface area contributed by atoms with E-state index in [4.69, 9.17) is 0 Å². The fraction of sp³-hybridized carbons (Fsp3) is 1.00. The molecule has 0 aromatic rings. The maximum atomic E-state index is 3.62. The first kappa shape index (κ1) is 15.0. The number of hydrogen-bond donors (Lipinski definition) is 1. The van der Waals surface area contributed by atoms with Gasteiger partial charge in [0.25, 0.3) is 0 Å². The molecule has 2 heteroatoms. The lowest BCUT2D eigenvalue weighted by Crippen LogP contribution is -2.45. The van der Waals surface area contributed by atoms with Crippen LogP contribution in [0.1, 0.15) is 53.9 Å². The highest BCUT2D eigenvalue weighted by Gasteiger charge is 2.20. The zero-order valence-electron chi connectivity index (χ0n) is 12.5. The molecule has 1 rings (SSSR count). The molecule has 3 unspecified atom stereocenters. The normalized spacial score (nSPS) is 30.0. The van der Waals surface area contributed by atoms with E-state index in [9.17, 15) is 0 Å². The molecule has 1 N–H and O–H groups in total. The van der Waals surface area contributed by atoms with Crippen molar-refractivity contribution in [2.75, 3.05) is 19.6 Å². The van der Waals surface area contributed by atoms with Crippen LogP contribution in [0, 0.1) is 11.8 Å². The minimum atomic E-state index is 0.678. The zero-order valence-corrected chi connectivity index (χ0v) is 12.5. The Labute approximate surface area is 108 Å². The van der Waals surface area contributed by atoms with Crippen LogP contribution in [0.25, 0.3) is 0 Å². The van der Waals surface area contributed by atoms with Gasteiger partial charge in [0, 0.05) is 18.6 Å².